The fourth-order valence-electron chi connectivity index (χ4n) is 3.06. The van der Waals surface area contributed by atoms with Crippen LogP contribution in [0.2, 0.25) is 10.0 Å². The summed E-state index contributed by atoms with van der Waals surface area (Å²) < 4.78 is 4.99. The Labute approximate surface area is 172 Å². The Morgan fingerprint density at radius 1 is 1.18 bits per heavy atom. The van der Waals surface area contributed by atoms with Crippen LogP contribution < -0.4 is 10.2 Å². The average molecular weight is 421 g/mol. The molecule has 8 heteroatoms. The third-order valence-electron chi connectivity index (χ3n) is 4.37. The standard InChI is InChI=1S/C20H18Cl2N2O4/c1-12(25)28-9-8-24-18-7-6-14(21)11-15(18)19(26)23-17(20(24)27)10-13-4-2-3-5-16(13)22/h2-7,11,17H,8-10H2,1H3,(H,23,26). The van der Waals surface area contributed by atoms with E-state index in [4.69, 9.17) is 27.9 Å². The van der Waals surface area contributed by atoms with Crippen LogP contribution >= 0.6 is 23.2 Å². The predicted molar refractivity (Wildman–Crippen MR) is 107 cm³/mol. The Kier molecular flexibility index (Phi) is 6.21. The van der Waals surface area contributed by atoms with Crippen molar-refractivity contribution in [2.75, 3.05) is 18.1 Å². The number of nitrogens with one attached hydrogen (secondary N) is 1. The fraction of sp³-hybridized carbons (Fsp3) is 0.250. The summed E-state index contributed by atoms with van der Waals surface area (Å²) in [5, 5.41) is 3.66. The van der Waals surface area contributed by atoms with Gasteiger partial charge in [0.05, 0.1) is 17.8 Å². The second-order valence-corrected chi connectivity index (χ2v) is 7.16. The van der Waals surface area contributed by atoms with Crippen molar-refractivity contribution in [2.45, 2.75) is 19.4 Å². The number of hydrogen-bond acceptors (Lipinski definition) is 4. The number of amides is 2. The Hall–Kier alpha value is -2.57. The largest absolute Gasteiger partial charge is 0.464 e. The lowest BCUT2D eigenvalue weighted by molar-refractivity contribution is -0.141. The van der Waals surface area contributed by atoms with Crippen LogP contribution in [-0.4, -0.2) is 37.0 Å². The number of esters is 1. The number of nitrogens with zero attached hydrogens (tertiary/aromatic N) is 1. The molecule has 0 fully saturated rings. The SMILES string of the molecule is CC(=O)OCCN1C(=O)C(Cc2ccccc2Cl)NC(=O)c2cc(Cl)ccc21. The van der Waals surface area contributed by atoms with E-state index in [1.54, 1.807) is 30.3 Å². The molecule has 0 saturated heterocycles. The van der Waals surface area contributed by atoms with E-state index in [0.717, 1.165) is 5.56 Å². The van der Waals surface area contributed by atoms with Crippen LogP contribution in [0.5, 0.6) is 0 Å². The minimum absolute atomic E-state index is 0.0101. The molecular formula is C20H18Cl2N2O4. The van der Waals surface area contributed by atoms with Crippen LogP contribution in [0.1, 0.15) is 22.8 Å². The third-order valence-corrected chi connectivity index (χ3v) is 4.97. The van der Waals surface area contributed by atoms with Crippen LogP contribution in [-0.2, 0) is 20.7 Å². The van der Waals surface area contributed by atoms with Gasteiger partial charge in [0.1, 0.15) is 12.6 Å². The van der Waals surface area contributed by atoms with Crippen LogP contribution in [0.15, 0.2) is 42.5 Å². The molecule has 0 spiro atoms. The van der Waals surface area contributed by atoms with Gasteiger partial charge in [-0.2, -0.15) is 0 Å². The molecule has 1 aliphatic rings. The first kappa shape index (κ1) is 20.2. The molecule has 28 heavy (non-hydrogen) atoms. The summed E-state index contributed by atoms with van der Waals surface area (Å²) in [5.74, 6) is -1.17. The van der Waals surface area contributed by atoms with Gasteiger partial charge in [-0.05, 0) is 29.8 Å². The number of rotatable bonds is 5. The van der Waals surface area contributed by atoms with E-state index >= 15 is 0 Å². The summed E-state index contributed by atoms with van der Waals surface area (Å²) in [6.45, 7) is 1.42. The summed E-state index contributed by atoms with van der Waals surface area (Å²) in [6, 6.07) is 11.0. The molecule has 146 valence electrons. The van der Waals surface area contributed by atoms with Crippen LogP contribution in [0.3, 0.4) is 0 Å². The van der Waals surface area contributed by atoms with Crippen molar-refractivity contribution in [3.63, 3.8) is 0 Å². The lowest BCUT2D eigenvalue weighted by atomic mass is 10.0. The summed E-state index contributed by atoms with van der Waals surface area (Å²) >= 11 is 12.3. The summed E-state index contributed by atoms with van der Waals surface area (Å²) in [5.41, 5.74) is 1.44. The van der Waals surface area contributed by atoms with Gasteiger partial charge in [-0.25, -0.2) is 0 Å². The molecule has 1 atom stereocenters. The second-order valence-electron chi connectivity index (χ2n) is 6.31. The molecule has 1 aliphatic heterocycles. The highest BCUT2D eigenvalue weighted by Crippen LogP contribution is 2.28. The van der Waals surface area contributed by atoms with Gasteiger partial charge in [-0.3, -0.25) is 14.4 Å². The van der Waals surface area contributed by atoms with Crippen LogP contribution in [0.4, 0.5) is 5.69 Å². The molecule has 0 bridgehead atoms. The molecule has 1 N–H and O–H groups in total. The van der Waals surface area contributed by atoms with Crippen molar-refractivity contribution in [2.24, 2.45) is 0 Å². The van der Waals surface area contributed by atoms with Gasteiger partial charge in [0.25, 0.3) is 5.91 Å². The van der Waals surface area contributed by atoms with E-state index in [1.165, 1.54) is 17.9 Å². The number of hydrogen-bond donors (Lipinski definition) is 1. The van der Waals surface area contributed by atoms with Gasteiger partial charge in [0.2, 0.25) is 5.91 Å². The van der Waals surface area contributed by atoms with E-state index < -0.39 is 17.9 Å². The summed E-state index contributed by atoms with van der Waals surface area (Å²) in [6.07, 6.45) is 0.232. The molecule has 0 aliphatic carbocycles. The quantitative estimate of drug-likeness (QED) is 0.753. The van der Waals surface area contributed by atoms with Crippen molar-refractivity contribution >= 4 is 46.7 Å². The van der Waals surface area contributed by atoms with Crippen molar-refractivity contribution in [1.29, 1.82) is 0 Å². The molecule has 1 heterocycles. The zero-order valence-electron chi connectivity index (χ0n) is 15.1. The van der Waals surface area contributed by atoms with Gasteiger partial charge >= 0.3 is 5.97 Å². The maximum absolute atomic E-state index is 13.2. The Balaban J connectivity index is 1.95. The van der Waals surface area contributed by atoms with Crippen molar-refractivity contribution in [3.05, 3.63) is 63.6 Å². The highest BCUT2D eigenvalue weighted by molar-refractivity contribution is 6.31. The van der Waals surface area contributed by atoms with E-state index in [1.807, 2.05) is 6.07 Å². The molecule has 1 unspecified atom stereocenters. The number of benzene rings is 2. The predicted octanol–water partition coefficient (Wildman–Crippen LogP) is 3.24. The molecule has 3 rings (SSSR count). The fourth-order valence-corrected chi connectivity index (χ4v) is 3.45. The van der Waals surface area contributed by atoms with Crippen molar-refractivity contribution in [1.82, 2.24) is 5.32 Å². The maximum atomic E-state index is 13.2. The molecular weight excluding hydrogens is 403 g/mol. The van der Waals surface area contributed by atoms with Crippen molar-refractivity contribution < 1.29 is 19.1 Å². The third kappa shape index (κ3) is 4.46. The topological polar surface area (TPSA) is 75.7 Å². The van der Waals surface area contributed by atoms with Crippen LogP contribution in [0, 0.1) is 0 Å². The summed E-state index contributed by atoms with van der Waals surface area (Å²) in [7, 11) is 0. The van der Waals surface area contributed by atoms with Gasteiger partial charge < -0.3 is 15.0 Å². The number of carbonyl (C=O) groups is 3. The summed E-state index contributed by atoms with van der Waals surface area (Å²) in [4.78, 5) is 38.5. The maximum Gasteiger partial charge on any atom is 0.302 e. The Morgan fingerprint density at radius 3 is 2.64 bits per heavy atom. The van der Waals surface area contributed by atoms with E-state index in [-0.39, 0.29) is 31.0 Å². The molecule has 6 nitrogen and oxygen atoms in total. The Bertz CT molecular complexity index is 932. The van der Waals surface area contributed by atoms with Crippen LogP contribution in [0.25, 0.3) is 0 Å². The van der Waals surface area contributed by atoms with E-state index in [2.05, 4.69) is 5.32 Å². The lowest BCUT2D eigenvalue weighted by Crippen LogP contribution is -2.48. The van der Waals surface area contributed by atoms with E-state index in [0.29, 0.717) is 15.7 Å². The minimum Gasteiger partial charge on any atom is -0.464 e. The zero-order chi connectivity index (χ0) is 20.3. The van der Waals surface area contributed by atoms with Gasteiger partial charge in [-0.1, -0.05) is 41.4 Å². The van der Waals surface area contributed by atoms with Gasteiger partial charge in [0.15, 0.2) is 0 Å². The number of anilines is 1. The molecule has 2 aromatic rings. The lowest BCUT2D eigenvalue weighted by Gasteiger charge is -2.25. The first-order valence-corrected chi connectivity index (χ1v) is 9.41. The first-order chi connectivity index (χ1) is 13.4. The first-order valence-electron chi connectivity index (χ1n) is 8.65. The molecule has 0 saturated carbocycles. The van der Waals surface area contributed by atoms with Gasteiger partial charge in [-0.15, -0.1) is 0 Å². The molecule has 0 aromatic heterocycles. The highest BCUT2D eigenvalue weighted by atomic mass is 35.5. The number of fused-ring (bicyclic) bond motifs is 1. The Morgan fingerprint density at radius 2 is 1.93 bits per heavy atom. The number of carbonyl (C=O) groups excluding carboxylic acids is 3. The monoisotopic (exact) mass is 420 g/mol. The number of halogens is 2. The zero-order valence-corrected chi connectivity index (χ0v) is 16.6. The minimum atomic E-state index is -0.823. The molecule has 0 radical (unpaired) electrons. The second kappa shape index (κ2) is 8.63. The highest BCUT2D eigenvalue weighted by Gasteiger charge is 2.34. The van der Waals surface area contributed by atoms with Gasteiger partial charge in [0, 0.05) is 23.4 Å². The average Bonchev–Trinajstić information content (AvgIpc) is 2.74. The molecule has 2 amide bonds. The van der Waals surface area contributed by atoms with Crippen molar-refractivity contribution in [3.8, 4) is 0 Å². The molecule has 2 aromatic carbocycles. The normalized spacial score (nSPS) is 16.2. The van der Waals surface area contributed by atoms with E-state index in [9.17, 15) is 14.4 Å². The smallest absolute Gasteiger partial charge is 0.302 e. The number of ether oxygens (including phenoxy) is 1.